The first-order valence-electron chi connectivity index (χ1n) is 7.89. The van der Waals surface area contributed by atoms with Gasteiger partial charge >= 0.3 is 0 Å². The third-order valence-electron chi connectivity index (χ3n) is 3.88. The van der Waals surface area contributed by atoms with Crippen molar-refractivity contribution in [2.45, 2.75) is 32.2 Å². The van der Waals surface area contributed by atoms with Gasteiger partial charge in [-0.1, -0.05) is 12.1 Å². The number of amides is 1. The van der Waals surface area contributed by atoms with Crippen LogP contribution in [-0.2, 0) is 4.79 Å². The molecule has 1 aliphatic rings. The van der Waals surface area contributed by atoms with E-state index in [2.05, 4.69) is 5.32 Å². The molecule has 0 aliphatic carbocycles. The highest BCUT2D eigenvalue weighted by Crippen LogP contribution is 2.34. The molecule has 0 radical (unpaired) electrons. The zero-order chi connectivity index (χ0) is 16.9. The number of ketones is 1. The van der Waals surface area contributed by atoms with Gasteiger partial charge in [0, 0.05) is 12.8 Å². The van der Waals surface area contributed by atoms with Crippen molar-refractivity contribution >= 4 is 23.0 Å². The van der Waals surface area contributed by atoms with Crippen LogP contribution in [0.5, 0.6) is 11.5 Å². The maximum atomic E-state index is 12.1. The Balaban J connectivity index is 1.45. The second-order valence-electron chi connectivity index (χ2n) is 5.66. The lowest BCUT2D eigenvalue weighted by molar-refractivity contribution is -0.121. The lowest BCUT2D eigenvalue weighted by Gasteiger charge is -2.14. The standard InChI is InChI=1S/C18H19NO4S/c1-12(13-7-8-15-16(10-13)23-11-22-15)19-18(21)6-2-4-14(20)17-5-3-9-24-17/h3,5,7-10,12H,2,4,6,11H2,1H3,(H,19,21). The molecule has 0 saturated carbocycles. The fourth-order valence-corrected chi connectivity index (χ4v) is 3.24. The summed E-state index contributed by atoms with van der Waals surface area (Å²) < 4.78 is 10.6. The number of thiophene rings is 1. The molecule has 24 heavy (non-hydrogen) atoms. The smallest absolute Gasteiger partial charge is 0.231 e. The van der Waals surface area contributed by atoms with Crippen molar-refractivity contribution < 1.29 is 19.1 Å². The molecule has 0 bridgehead atoms. The van der Waals surface area contributed by atoms with Gasteiger partial charge in [-0.2, -0.15) is 0 Å². The molecule has 1 aromatic carbocycles. The zero-order valence-electron chi connectivity index (χ0n) is 13.4. The van der Waals surface area contributed by atoms with Gasteiger partial charge in [0.05, 0.1) is 10.9 Å². The summed E-state index contributed by atoms with van der Waals surface area (Å²) in [7, 11) is 0. The van der Waals surface area contributed by atoms with Gasteiger partial charge in [-0.25, -0.2) is 0 Å². The quantitative estimate of drug-likeness (QED) is 0.777. The highest BCUT2D eigenvalue weighted by molar-refractivity contribution is 7.12. The minimum atomic E-state index is -0.125. The molecule has 2 aromatic rings. The molecule has 1 amide bonds. The predicted molar refractivity (Wildman–Crippen MR) is 91.6 cm³/mol. The molecule has 0 fully saturated rings. The van der Waals surface area contributed by atoms with Crippen molar-refractivity contribution in [3.63, 3.8) is 0 Å². The predicted octanol–water partition coefficient (Wildman–Crippen LogP) is 3.71. The molecule has 5 nitrogen and oxygen atoms in total. The van der Waals surface area contributed by atoms with Crippen LogP contribution in [0, 0.1) is 0 Å². The summed E-state index contributed by atoms with van der Waals surface area (Å²) in [6, 6.07) is 9.19. The molecule has 1 aromatic heterocycles. The number of ether oxygens (including phenoxy) is 2. The van der Waals surface area contributed by atoms with E-state index in [0.29, 0.717) is 25.0 Å². The SMILES string of the molecule is CC(NC(=O)CCCC(=O)c1cccs1)c1ccc2c(c1)OCO2. The van der Waals surface area contributed by atoms with Gasteiger partial charge in [0.1, 0.15) is 0 Å². The van der Waals surface area contributed by atoms with Gasteiger partial charge in [-0.3, -0.25) is 9.59 Å². The zero-order valence-corrected chi connectivity index (χ0v) is 14.2. The van der Waals surface area contributed by atoms with Crippen molar-refractivity contribution in [1.82, 2.24) is 5.32 Å². The van der Waals surface area contributed by atoms with E-state index in [-0.39, 0.29) is 24.5 Å². The van der Waals surface area contributed by atoms with E-state index in [0.717, 1.165) is 16.2 Å². The van der Waals surface area contributed by atoms with E-state index >= 15 is 0 Å². The van der Waals surface area contributed by atoms with Crippen molar-refractivity contribution in [2.24, 2.45) is 0 Å². The van der Waals surface area contributed by atoms with Crippen LogP contribution in [0.3, 0.4) is 0 Å². The van der Waals surface area contributed by atoms with Gasteiger partial charge in [0.25, 0.3) is 0 Å². The van der Waals surface area contributed by atoms with Crippen LogP contribution in [0.1, 0.15) is 47.5 Å². The third-order valence-corrected chi connectivity index (χ3v) is 4.79. The highest BCUT2D eigenvalue weighted by Gasteiger charge is 2.17. The second-order valence-corrected chi connectivity index (χ2v) is 6.60. The van der Waals surface area contributed by atoms with E-state index in [4.69, 9.17) is 9.47 Å². The average molecular weight is 345 g/mol. The van der Waals surface area contributed by atoms with Crippen LogP contribution in [0.25, 0.3) is 0 Å². The number of carbonyl (C=O) groups is 2. The summed E-state index contributed by atoms with van der Waals surface area (Å²) in [5.74, 6) is 1.47. The van der Waals surface area contributed by atoms with E-state index in [1.807, 2.05) is 42.6 Å². The Labute approximate surface area is 144 Å². The molecule has 1 aliphatic heterocycles. The minimum Gasteiger partial charge on any atom is -0.454 e. The van der Waals surface area contributed by atoms with Crippen LogP contribution >= 0.6 is 11.3 Å². The Morgan fingerprint density at radius 3 is 2.83 bits per heavy atom. The van der Waals surface area contributed by atoms with E-state index in [9.17, 15) is 9.59 Å². The van der Waals surface area contributed by atoms with Crippen LogP contribution in [0.15, 0.2) is 35.7 Å². The third kappa shape index (κ3) is 3.94. The largest absolute Gasteiger partial charge is 0.454 e. The average Bonchev–Trinajstić information content (AvgIpc) is 3.25. The fourth-order valence-electron chi connectivity index (χ4n) is 2.55. The summed E-state index contributed by atoms with van der Waals surface area (Å²) >= 11 is 1.44. The van der Waals surface area contributed by atoms with Crippen molar-refractivity contribution in [3.05, 3.63) is 46.2 Å². The van der Waals surface area contributed by atoms with E-state index in [1.165, 1.54) is 11.3 Å². The fraction of sp³-hybridized carbons (Fsp3) is 0.333. The molecule has 1 N–H and O–H groups in total. The molecule has 6 heteroatoms. The molecule has 0 spiro atoms. The number of hydrogen-bond acceptors (Lipinski definition) is 5. The first-order chi connectivity index (χ1) is 11.6. The van der Waals surface area contributed by atoms with E-state index in [1.54, 1.807) is 0 Å². The Morgan fingerprint density at radius 1 is 1.21 bits per heavy atom. The number of fused-ring (bicyclic) bond motifs is 1. The molecular weight excluding hydrogens is 326 g/mol. The first kappa shape index (κ1) is 16.5. The summed E-state index contributed by atoms with van der Waals surface area (Å²) in [6.07, 6.45) is 1.29. The Hall–Kier alpha value is -2.34. The van der Waals surface area contributed by atoms with Gasteiger partial charge < -0.3 is 14.8 Å². The Bertz CT molecular complexity index is 727. The van der Waals surface area contributed by atoms with Gasteiger partial charge in [0.2, 0.25) is 12.7 Å². The minimum absolute atomic E-state index is 0.0563. The number of rotatable bonds is 7. The monoisotopic (exact) mass is 345 g/mol. The molecule has 126 valence electrons. The molecule has 1 unspecified atom stereocenters. The van der Waals surface area contributed by atoms with Crippen molar-refractivity contribution in [2.75, 3.05) is 6.79 Å². The molecule has 3 rings (SSSR count). The number of nitrogens with one attached hydrogen (secondary N) is 1. The maximum absolute atomic E-state index is 12.1. The number of hydrogen-bond donors (Lipinski definition) is 1. The Morgan fingerprint density at radius 2 is 2.04 bits per heavy atom. The van der Waals surface area contributed by atoms with E-state index < -0.39 is 0 Å². The van der Waals surface area contributed by atoms with Crippen molar-refractivity contribution in [1.29, 1.82) is 0 Å². The number of benzene rings is 1. The van der Waals surface area contributed by atoms with Crippen LogP contribution in [0.4, 0.5) is 0 Å². The molecule has 1 atom stereocenters. The number of Topliss-reactive ketones (excluding diaryl/α,β-unsaturated/α-hetero) is 1. The lowest BCUT2D eigenvalue weighted by Crippen LogP contribution is -2.26. The highest BCUT2D eigenvalue weighted by atomic mass is 32.1. The normalized spacial score (nSPS) is 13.5. The summed E-state index contributed by atoms with van der Waals surface area (Å²) in [6.45, 7) is 2.16. The first-order valence-corrected chi connectivity index (χ1v) is 8.77. The molecular formula is C18H19NO4S. The van der Waals surface area contributed by atoms with Crippen LogP contribution in [0.2, 0.25) is 0 Å². The second kappa shape index (κ2) is 7.49. The summed E-state index contributed by atoms with van der Waals surface area (Å²) in [5.41, 5.74) is 0.960. The summed E-state index contributed by atoms with van der Waals surface area (Å²) in [5, 5.41) is 4.83. The summed E-state index contributed by atoms with van der Waals surface area (Å²) in [4.78, 5) is 24.7. The molecule has 2 heterocycles. The topological polar surface area (TPSA) is 64.6 Å². The van der Waals surface area contributed by atoms with Gasteiger partial charge in [-0.15, -0.1) is 11.3 Å². The Kier molecular flexibility index (Phi) is 5.15. The lowest BCUT2D eigenvalue weighted by atomic mass is 10.1. The van der Waals surface area contributed by atoms with Crippen molar-refractivity contribution in [3.8, 4) is 11.5 Å². The molecule has 0 saturated heterocycles. The van der Waals surface area contributed by atoms with Gasteiger partial charge in [-0.05, 0) is 42.5 Å². The number of carbonyl (C=O) groups excluding carboxylic acids is 2. The van der Waals surface area contributed by atoms with Crippen LogP contribution in [-0.4, -0.2) is 18.5 Å². The maximum Gasteiger partial charge on any atom is 0.231 e. The van der Waals surface area contributed by atoms with Gasteiger partial charge in [0.15, 0.2) is 17.3 Å². The van der Waals surface area contributed by atoms with Crippen LogP contribution < -0.4 is 14.8 Å².